The van der Waals surface area contributed by atoms with Gasteiger partial charge in [-0.25, -0.2) is 4.79 Å². The van der Waals surface area contributed by atoms with Gasteiger partial charge in [-0.05, 0) is 32.4 Å². The minimum absolute atomic E-state index is 0.00558. The summed E-state index contributed by atoms with van der Waals surface area (Å²) in [5, 5.41) is 25.1. The largest absolute Gasteiger partial charge is 0.477 e. The molecule has 2 N–H and O–H groups in total. The smallest absolute Gasteiger partial charge is 0.352 e. The summed E-state index contributed by atoms with van der Waals surface area (Å²) in [6, 6.07) is 1.12. The zero-order chi connectivity index (χ0) is 22.3. The van der Waals surface area contributed by atoms with Crippen molar-refractivity contribution in [3.05, 3.63) is 33.7 Å². The Hall–Kier alpha value is -2.38. The minimum atomic E-state index is -1.14. The SMILES string of the molecule is Cc1cc(C)n(CC(=O)N[C@@H]2C(=O)N3C(C(=O)O)=C(CSc4nnc(C)s4)CS[C@@H]23)n1. The molecule has 1 saturated heterocycles. The van der Waals surface area contributed by atoms with Crippen LogP contribution in [0, 0.1) is 20.8 Å². The van der Waals surface area contributed by atoms with Crippen molar-refractivity contribution in [2.45, 2.75) is 43.1 Å². The molecule has 4 rings (SSSR count). The highest BCUT2D eigenvalue weighted by atomic mass is 32.2. The van der Waals surface area contributed by atoms with Crippen molar-refractivity contribution in [3.8, 4) is 0 Å². The van der Waals surface area contributed by atoms with E-state index in [1.807, 2.05) is 26.8 Å². The second kappa shape index (κ2) is 8.63. The fourth-order valence-electron chi connectivity index (χ4n) is 3.47. The van der Waals surface area contributed by atoms with Gasteiger partial charge in [-0.1, -0.05) is 23.1 Å². The average molecular weight is 481 g/mol. The van der Waals surface area contributed by atoms with Gasteiger partial charge in [0, 0.05) is 17.2 Å². The number of carbonyl (C=O) groups excluding carboxylic acids is 2. The molecule has 2 atom stereocenters. The highest BCUT2D eigenvalue weighted by Gasteiger charge is 2.54. The van der Waals surface area contributed by atoms with E-state index in [0.29, 0.717) is 17.1 Å². The number of carboxylic acids is 1. The molecule has 2 aliphatic heterocycles. The summed E-state index contributed by atoms with van der Waals surface area (Å²) < 4.78 is 2.33. The molecule has 2 aromatic rings. The minimum Gasteiger partial charge on any atom is -0.477 e. The number of aryl methyl sites for hydroxylation is 3. The third-order valence-corrected chi connectivity index (χ3v) is 8.24. The Bertz CT molecular complexity index is 1090. The first-order valence-electron chi connectivity index (χ1n) is 9.38. The highest BCUT2D eigenvalue weighted by molar-refractivity contribution is 8.01. The van der Waals surface area contributed by atoms with Crippen LogP contribution >= 0.6 is 34.9 Å². The number of amides is 2. The molecule has 2 aliphatic rings. The van der Waals surface area contributed by atoms with Gasteiger partial charge >= 0.3 is 5.97 Å². The Balaban J connectivity index is 1.43. The zero-order valence-corrected chi connectivity index (χ0v) is 19.4. The van der Waals surface area contributed by atoms with Crippen molar-refractivity contribution in [1.29, 1.82) is 0 Å². The number of nitrogens with one attached hydrogen (secondary N) is 1. The van der Waals surface area contributed by atoms with E-state index in [1.165, 1.54) is 39.8 Å². The van der Waals surface area contributed by atoms with Crippen molar-refractivity contribution in [1.82, 2.24) is 30.2 Å². The Kier molecular flexibility index (Phi) is 6.08. The molecule has 0 saturated carbocycles. The highest BCUT2D eigenvalue weighted by Crippen LogP contribution is 2.41. The number of β-lactam (4-membered cyclic amide) rings is 1. The molecule has 2 amide bonds. The van der Waals surface area contributed by atoms with Crippen LogP contribution in [-0.4, -0.2) is 70.7 Å². The van der Waals surface area contributed by atoms with Gasteiger partial charge in [0.05, 0.1) is 5.69 Å². The van der Waals surface area contributed by atoms with Crippen LogP contribution in [-0.2, 0) is 20.9 Å². The molecule has 31 heavy (non-hydrogen) atoms. The average Bonchev–Trinajstić information content (AvgIpc) is 3.27. The van der Waals surface area contributed by atoms with Gasteiger partial charge < -0.3 is 10.4 Å². The number of aromatic nitrogens is 4. The molecule has 4 heterocycles. The van der Waals surface area contributed by atoms with Crippen molar-refractivity contribution in [3.63, 3.8) is 0 Å². The van der Waals surface area contributed by atoms with Gasteiger partial charge in [0.2, 0.25) is 5.91 Å². The number of fused-ring (bicyclic) bond motifs is 1. The van der Waals surface area contributed by atoms with Crippen LogP contribution in [0.3, 0.4) is 0 Å². The number of nitrogens with zero attached hydrogens (tertiary/aromatic N) is 5. The fourth-order valence-corrected chi connectivity index (χ4v) is 6.77. The van der Waals surface area contributed by atoms with Crippen LogP contribution in [0.25, 0.3) is 0 Å². The van der Waals surface area contributed by atoms with E-state index in [1.54, 1.807) is 4.68 Å². The molecule has 0 unspecified atom stereocenters. The van der Waals surface area contributed by atoms with Crippen LogP contribution in [0.1, 0.15) is 16.4 Å². The monoisotopic (exact) mass is 480 g/mol. The van der Waals surface area contributed by atoms with E-state index in [2.05, 4.69) is 20.6 Å². The Labute approximate surface area is 190 Å². The Morgan fingerprint density at radius 3 is 2.71 bits per heavy atom. The predicted octanol–water partition coefficient (Wildman–Crippen LogP) is 1.19. The quantitative estimate of drug-likeness (QED) is 0.443. The molecule has 0 aliphatic carbocycles. The van der Waals surface area contributed by atoms with Gasteiger partial charge in [0.1, 0.15) is 28.7 Å². The molecule has 164 valence electrons. The summed E-state index contributed by atoms with van der Waals surface area (Å²) in [5.74, 6) is -1.02. The van der Waals surface area contributed by atoms with Gasteiger partial charge in [-0.3, -0.25) is 19.2 Å². The first kappa shape index (κ1) is 21.8. The first-order chi connectivity index (χ1) is 14.7. The van der Waals surface area contributed by atoms with Gasteiger partial charge in [0.25, 0.3) is 5.91 Å². The second-order valence-corrected chi connectivity index (χ2v) is 10.7. The Morgan fingerprint density at radius 1 is 1.32 bits per heavy atom. The molecule has 0 bridgehead atoms. The number of rotatable bonds is 7. The standard InChI is InChI=1S/C18H20N6O4S3/c1-8-4-9(2)23(22-8)5-12(25)19-13-15(26)24-14(17(27)28)11(6-29-16(13)24)7-30-18-21-20-10(3)31-18/h4,13,16H,5-7H2,1-3H3,(H,19,25)(H,27,28)/t13-,16+/m1/s1. The molecule has 10 nitrogen and oxygen atoms in total. The second-order valence-electron chi connectivity index (χ2n) is 7.17. The molecular weight excluding hydrogens is 460 g/mol. The summed E-state index contributed by atoms with van der Waals surface area (Å²) in [7, 11) is 0. The van der Waals surface area contributed by atoms with Crippen molar-refractivity contribution >= 4 is 52.6 Å². The molecule has 2 aromatic heterocycles. The number of aliphatic carboxylic acids is 1. The summed E-state index contributed by atoms with van der Waals surface area (Å²) in [4.78, 5) is 38.4. The van der Waals surface area contributed by atoms with Crippen LogP contribution in [0.2, 0.25) is 0 Å². The summed E-state index contributed by atoms with van der Waals surface area (Å²) in [6.07, 6.45) is 0. The molecule has 0 spiro atoms. The molecule has 0 aromatic carbocycles. The fraction of sp³-hybridized carbons (Fsp3) is 0.444. The third kappa shape index (κ3) is 4.34. The molecular formula is C18H20N6O4S3. The zero-order valence-electron chi connectivity index (χ0n) is 17.0. The molecule has 13 heteroatoms. The lowest BCUT2D eigenvalue weighted by molar-refractivity contribution is -0.150. The van der Waals surface area contributed by atoms with Crippen LogP contribution in [0.15, 0.2) is 21.7 Å². The summed E-state index contributed by atoms with van der Waals surface area (Å²) >= 11 is 4.30. The lowest BCUT2D eigenvalue weighted by Crippen LogP contribution is -2.70. The van der Waals surface area contributed by atoms with Gasteiger partial charge in [-0.2, -0.15) is 5.10 Å². The summed E-state index contributed by atoms with van der Waals surface area (Å²) in [6.45, 7) is 5.56. The van der Waals surface area contributed by atoms with E-state index in [9.17, 15) is 19.5 Å². The van der Waals surface area contributed by atoms with E-state index in [0.717, 1.165) is 20.7 Å². The van der Waals surface area contributed by atoms with Gasteiger partial charge in [-0.15, -0.1) is 22.0 Å². The summed E-state index contributed by atoms with van der Waals surface area (Å²) in [5.41, 5.74) is 2.33. The normalized spacial score (nSPS) is 20.5. The van der Waals surface area contributed by atoms with Crippen LogP contribution in [0.5, 0.6) is 0 Å². The van der Waals surface area contributed by atoms with E-state index >= 15 is 0 Å². The lowest BCUT2D eigenvalue weighted by atomic mass is 10.0. The van der Waals surface area contributed by atoms with Gasteiger partial charge in [0.15, 0.2) is 4.34 Å². The van der Waals surface area contributed by atoms with E-state index in [-0.39, 0.29) is 18.1 Å². The number of carboxylic acid groups (broad SMARTS) is 1. The predicted molar refractivity (Wildman–Crippen MR) is 117 cm³/mol. The number of hydrogen-bond acceptors (Lipinski definition) is 9. The molecule has 1 fully saturated rings. The van der Waals surface area contributed by atoms with E-state index < -0.39 is 23.3 Å². The molecule has 0 radical (unpaired) electrons. The lowest BCUT2D eigenvalue weighted by Gasteiger charge is -2.49. The maximum absolute atomic E-state index is 12.7. The Morgan fingerprint density at radius 2 is 2.10 bits per heavy atom. The maximum atomic E-state index is 12.7. The van der Waals surface area contributed by atoms with Crippen LogP contribution < -0.4 is 5.32 Å². The first-order valence-corrected chi connectivity index (χ1v) is 12.2. The maximum Gasteiger partial charge on any atom is 0.352 e. The number of thioether (sulfide) groups is 2. The van der Waals surface area contributed by atoms with E-state index in [4.69, 9.17) is 0 Å². The van der Waals surface area contributed by atoms with Crippen molar-refractivity contribution < 1.29 is 19.5 Å². The number of carbonyl (C=O) groups is 3. The third-order valence-electron chi connectivity index (χ3n) is 4.84. The van der Waals surface area contributed by atoms with Crippen molar-refractivity contribution in [2.75, 3.05) is 11.5 Å². The van der Waals surface area contributed by atoms with Crippen molar-refractivity contribution in [2.24, 2.45) is 0 Å². The topological polar surface area (TPSA) is 130 Å². The number of hydrogen-bond donors (Lipinski definition) is 2. The van der Waals surface area contributed by atoms with Crippen LogP contribution in [0.4, 0.5) is 0 Å².